The summed E-state index contributed by atoms with van der Waals surface area (Å²) in [5.41, 5.74) is -0.541. The maximum Gasteiger partial charge on any atom is 0.290 e. The quantitative estimate of drug-likeness (QED) is 0.323. The van der Waals surface area contributed by atoms with E-state index in [4.69, 9.17) is 37.9 Å². The van der Waals surface area contributed by atoms with Gasteiger partial charge in [0.25, 0.3) is 5.97 Å². The fourth-order valence-corrected chi connectivity index (χ4v) is 2.51. The average molecular weight is 360 g/mol. The van der Waals surface area contributed by atoms with E-state index in [-0.39, 0.29) is 24.4 Å². The Bertz CT molecular complexity index is 399. The number of hydrogen-bond acceptors (Lipinski definition) is 8. The highest BCUT2D eigenvalue weighted by molar-refractivity contribution is 4.85. The Labute approximate surface area is 147 Å². The van der Waals surface area contributed by atoms with Crippen LogP contribution in [0.25, 0.3) is 0 Å². The molecule has 0 saturated carbocycles. The molecule has 4 unspecified atom stereocenters. The van der Waals surface area contributed by atoms with Gasteiger partial charge in [0, 0.05) is 0 Å². The van der Waals surface area contributed by atoms with Gasteiger partial charge in [-0.2, -0.15) is 0 Å². The molecule has 0 spiro atoms. The van der Waals surface area contributed by atoms with Crippen molar-refractivity contribution in [3.8, 4) is 0 Å². The molecule has 0 aromatic heterocycles. The predicted octanol–water partition coefficient (Wildman–Crippen LogP) is 0.328. The molecule has 4 aliphatic rings. The molecule has 25 heavy (non-hydrogen) atoms. The van der Waals surface area contributed by atoms with E-state index >= 15 is 0 Å². The van der Waals surface area contributed by atoms with Crippen LogP contribution < -0.4 is 0 Å². The Balaban J connectivity index is 1.41. The number of ether oxygens (including phenoxy) is 8. The second-order valence-electron chi connectivity index (χ2n) is 7.71. The lowest BCUT2D eigenvalue weighted by Gasteiger charge is -2.44. The molecule has 8 nitrogen and oxygen atoms in total. The Hall–Kier alpha value is -0.320. The van der Waals surface area contributed by atoms with Crippen LogP contribution in [0, 0.1) is 5.41 Å². The van der Waals surface area contributed by atoms with Crippen LogP contribution in [-0.4, -0.2) is 89.9 Å². The van der Waals surface area contributed by atoms with Crippen molar-refractivity contribution in [3.63, 3.8) is 0 Å². The minimum absolute atomic E-state index is 0.109. The van der Waals surface area contributed by atoms with Gasteiger partial charge in [-0.3, -0.25) is 0 Å². The molecule has 4 atom stereocenters. The molecule has 0 bridgehead atoms. The van der Waals surface area contributed by atoms with Crippen molar-refractivity contribution in [1.29, 1.82) is 0 Å². The molecule has 4 rings (SSSR count). The molecule has 4 fully saturated rings. The molecule has 0 amide bonds. The predicted molar refractivity (Wildman–Crippen MR) is 84.1 cm³/mol. The highest BCUT2D eigenvalue weighted by atomic mass is 16.9. The van der Waals surface area contributed by atoms with E-state index in [9.17, 15) is 0 Å². The van der Waals surface area contributed by atoms with Crippen LogP contribution >= 0.6 is 0 Å². The Morgan fingerprint density at radius 2 is 1.04 bits per heavy atom. The zero-order valence-electron chi connectivity index (χ0n) is 14.9. The molecule has 8 heteroatoms. The second kappa shape index (κ2) is 7.36. The molecule has 0 radical (unpaired) electrons. The summed E-state index contributed by atoms with van der Waals surface area (Å²) in [6.07, 6.45) is 0.542. The largest absolute Gasteiger partial charge is 0.378 e. The zero-order chi connectivity index (χ0) is 17.3. The molecule has 0 aromatic rings. The lowest BCUT2D eigenvalue weighted by molar-refractivity contribution is -0.431. The van der Waals surface area contributed by atoms with E-state index < -0.39 is 11.4 Å². The smallest absolute Gasteiger partial charge is 0.290 e. The SMILES string of the molecule is CC(C)(COCC1CO1)C(OCC1CO1)(OCC1CO1)OCC1CO1. The minimum atomic E-state index is -1.23. The van der Waals surface area contributed by atoms with E-state index in [0.717, 1.165) is 6.61 Å². The first-order valence-electron chi connectivity index (χ1n) is 9.02. The summed E-state index contributed by atoms with van der Waals surface area (Å²) >= 11 is 0. The van der Waals surface area contributed by atoms with Crippen molar-refractivity contribution in [2.24, 2.45) is 5.41 Å². The van der Waals surface area contributed by atoms with E-state index in [2.05, 4.69) is 0 Å². The van der Waals surface area contributed by atoms with Gasteiger partial charge >= 0.3 is 0 Å². The van der Waals surface area contributed by atoms with Gasteiger partial charge in [0.2, 0.25) is 0 Å². The van der Waals surface area contributed by atoms with E-state index in [0.29, 0.717) is 52.9 Å². The van der Waals surface area contributed by atoms with Gasteiger partial charge in [-0.1, -0.05) is 0 Å². The maximum atomic E-state index is 6.16. The van der Waals surface area contributed by atoms with Crippen LogP contribution in [0.5, 0.6) is 0 Å². The van der Waals surface area contributed by atoms with Gasteiger partial charge in [0.15, 0.2) is 0 Å². The zero-order valence-corrected chi connectivity index (χ0v) is 14.9. The second-order valence-corrected chi connectivity index (χ2v) is 7.71. The monoisotopic (exact) mass is 360 g/mol. The number of hydrogen-bond donors (Lipinski definition) is 0. The Morgan fingerprint density at radius 1 is 0.680 bits per heavy atom. The first-order valence-corrected chi connectivity index (χ1v) is 9.02. The van der Waals surface area contributed by atoms with Crippen LogP contribution in [0.15, 0.2) is 0 Å². The third-order valence-electron chi connectivity index (χ3n) is 4.58. The average Bonchev–Trinajstić information content (AvgIpc) is 3.45. The van der Waals surface area contributed by atoms with E-state index in [1.165, 1.54) is 0 Å². The molecule has 144 valence electrons. The molecule has 0 aromatic carbocycles. The van der Waals surface area contributed by atoms with Crippen molar-refractivity contribution >= 4 is 0 Å². The van der Waals surface area contributed by atoms with Crippen molar-refractivity contribution in [2.75, 3.05) is 59.5 Å². The Morgan fingerprint density at radius 3 is 1.40 bits per heavy atom. The number of epoxide rings is 4. The van der Waals surface area contributed by atoms with Crippen molar-refractivity contribution < 1.29 is 37.9 Å². The maximum absolute atomic E-state index is 6.16. The summed E-state index contributed by atoms with van der Waals surface area (Å²) < 4.78 is 45.3. The fraction of sp³-hybridized carbons (Fsp3) is 1.00. The molecule has 4 aliphatic heterocycles. The molecular formula is C17H28O8. The van der Waals surface area contributed by atoms with Gasteiger partial charge in [0.05, 0.1) is 64.9 Å². The van der Waals surface area contributed by atoms with Gasteiger partial charge in [-0.15, -0.1) is 0 Å². The van der Waals surface area contributed by atoms with Crippen LogP contribution in [0.1, 0.15) is 13.8 Å². The molecule has 0 aliphatic carbocycles. The Kier molecular flexibility index (Phi) is 5.32. The van der Waals surface area contributed by atoms with Crippen LogP contribution in [-0.2, 0) is 37.9 Å². The summed E-state index contributed by atoms with van der Waals surface area (Å²) in [6.45, 7) is 9.22. The van der Waals surface area contributed by atoms with Gasteiger partial charge in [-0.05, 0) is 13.8 Å². The molecule has 0 N–H and O–H groups in total. The van der Waals surface area contributed by atoms with Gasteiger partial charge in [0.1, 0.15) is 24.4 Å². The summed E-state index contributed by atoms with van der Waals surface area (Å²) in [5.74, 6) is -1.23. The lowest BCUT2D eigenvalue weighted by Crippen LogP contribution is -2.55. The van der Waals surface area contributed by atoms with Crippen LogP contribution in [0.3, 0.4) is 0 Å². The molecular weight excluding hydrogens is 332 g/mol. The first-order chi connectivity index (χ1) is 12.1. The summed E-state index contributed by atoms with van der Waals surface area (Å²) in [5, 5.41) is 0. The lowest BCUT2D eigenvalue weighted by atomic mass is 9.90. The normalized spacial score (nSPS) is 35.3. The minimum Gasteiger partial charge on any atom is -0.378 e. The third-order valence-corrected chi connectivity index (χ3v) is 4.58. The fourth-order valence-electron chi connectivity index (χ4n) is 2.51. The van der Waals surface area contributed by atoms with Gasteiger partial charge in [-0.25, -0.2) is 0 Å². The molecule has 4 saturated heterocycles. The van der Waals surface area contributed by atoms with Crippen LogP contribution in [0.2, 0.25) is 0 Å². The van der Waals surface area contributed by atoms with Gasteiger partial charge < -0.3 is 37.9 Å². The van der Waals surface area contributed by atoms with Crippen molar-refractivity contribution in [2.45, 2.75) is 44.2 Å². The summed E-state index contributed by atoms with van der Waals surface area (Å²) in [7, 11) is 0. The molecule has 4 heterocycles. The highest BCUT2D eigenvalue weighted by Crippen LogP contribution is 2.39. The number of rotatable bonds is 14. The van der Waals surface area contributed by atoms with Crippen molar-refractivity contribution in [1.82, 2.24) is 0 Å². The van der Waals surface area contributed by atoms with Crippen LogP contribution in [0.4, 0.5) is 0 Å². The van der Waals surface area contributed by atoms with Crippen molar-refractivity contribution in [3.05, 3.63) is 0 Å². The topological polar surface area (TPSA) is 87.0 Å². The third kappa shape index (κ3) is 5.33. The summed E-state index contributed by atoms with van der Waals surface area (Å²) in [6, 6.07) is 0. The van der Waals surface area contributed by atoms with E-state index in [1.807, 2.05) is 13.8 Å². The highest BCUT2D eigenvalue weighted by Gasteiger charge is 2.52. The standard InChI is InChI=1S/C17H28O8/c1-16(2,11-18-3-12-4-19-12)17(23-8-13-5-20-13,24-9-14-6-21-14)25-10-15-7-22-15/h12-15H,3-11H2,1-2H3. The summed E-state index contributed by atoms with van der Waals surface area (Å²) in [4.78, 5) is 0. The van der Waals surface area contributed by atoms with E-state index in [1.54, 1.807) is 0 Å². The first kappa shape index (κ1) is 18.1.